The molecule has 23 heavy (non-hydrogen) atoms. The summed E-state index contributed by atoms with van der Waals surface area (Å²) < 4.78 is 0. The number of fused-ring (bicyclic) bond motifs is 5. The number of rotatable bonds is 1. The Morgan fingerprint density at radius 3 is 2.57 bits per heavy atom. The Labute approximate surface area is 142 Å². The molecule has 0 aromatic carbocycles. The summed E-state index contributed by atoms with van der Waals surface area (Å²) in [6, 6.07) is 0.778. The van der Waals surface area contributed by atoms with Crippen LogP contribution in [0.4, 0.5) is 0 Å². The van der Waals surface area contributed by atoms with Crippen molar-refractivity contribution >= 4 is 0 Å². The van der Waals surface area contributed by atoms with Crippen molar-refractivity contribution in [2.45, 2.75) is 77.4 Å². The molecule has 0 aromatic heterocycles. The van der Waals surface area contributed by atoms with Gasteiger partial charge < -0.3 is 10.0 Å². The number of aliphatic hydroxyl groups excluding tert-OH is 1. The lowest BCUT2D eigenvalue weighted by atomic mass is 9.48. The van der Waals surface area contributed by atoms with Crippen molar-refractivity contribution in [3.8, 4) is 0 Å². The Morgan fingerprint density at radius 1 is 1.04 bits per heavy atom. The molecule has 1 N–H and O–H groups in total. The Morgan fingerprint density at radius 2 is 1.83 bits per heavy atom. The van der Waals surface area contributed by atoms with Crippen LogP contribution < -0.4 is 0 Å². The van der Waals surface area contributed by atoms with Gasteiger partial charge in [0.2, 0.25) is 0 Å². The first-order chi connectivity index (χ1) is 10.9. The molecule has 0 amide bonds. The maximum Gasteiger partial charge on any atom is 0.0577 e. The second-order valence-electron chi connectivity index (χ2n) is 9.76. The highest BCUT2D eigenvalue weighted by Crippen LogP contribution is 2.65. The van der Waals surface area contributed by atoms with Crippen molar-refractivity contribution in [2.75, 3.05) is 14.1 Å². The number of allylic oxidation sites excluding steroid dienone is 1. The minimum absolute atomic E-state index is 0.0793. The molecular formula is C21H35NO. The predicted octanol–water partition coefficient (Wildman–Crippen LogP) is 4.24. The molecule has 0 spiro atoms. The lowest BCUT2D eigenvalue weighted by Crippen LogP contribution is -2.53. The van der Waals surface area contributed by atoms with Crippen LogP contribution in [0, 0.1) is 28.6 Å². The molecule has 4 rings (SSSR count). The second kappa shape index (κ2) is 5.33. The van der Waals surface area contributed by atoms with Crippen molar-refractivity contribution in [1.82, 2.24) is 4.90 Å². The summed E-state index contributed by atoms with van der Waals surface area (Å²) in [5.74, 6) is 2.67. The summed E-state index contributed by atoms with van der Waals surface area (Å²) >= 11 is 0. The van der Waals surface area contributed by atoms with Gasteiger partial charge in [-0.25, -0.2) is 0 Å². The van der Waals surface area contributed by atoms with E-state index in [1.54, 1.807) is 5.57 Å². The second-order valence-corrected chi connectivity index (χ2v) is 9.76. The standard InChI is InChI=1S/C21H35NO/c1-20-11-9-15(23)13-14(20)5-6-16-17-7-8-19(22(3)4)21(17,2)12-10-18(16)20/h5,15-19,23H,6-13H2,1-4H3/t15?,16-,17-,18+,19?,20-,21-/m0/s1. The highest BCUT2D eigenvalue weighted by atomic mass is 16.3. The van der Waals surface area contributed by atoms with Gasteiger partial charge in [0.1, 0.15) is 0 Å². The summed E-state index contributed by atoms with van der Waals surface area (Å²) in [6.07, 6.45) is 12.6. The molecule has 0 radical (unpaired) electrons. The molecule has 0 aliphatic heterocycles. The largest absolute Gasteiger partial charge is 0.393 e. The van der Waals surface area contributed by atoms with Crippen molar-refractivity contribution in [2.24, 2.45) is 28.6 Å². The van der Waals surface area contributed by atoms with E-state index in [4.69, 9.17) is 0 Å². The number of hydrogen-bond acceptors (Lipinski definition) is 2. The Hall–Kier alpha value is -0.340. The normalized spacial score (nSPS) is 52.6. The molecule has 2 nitrogen and oxygen atoms in total. The van der Waals surface area contributed by atoms with Crippen LogP contribution in [0.25, 0.3) is 0 Å². The molecule has 3 saturated carbocycles. The summed E-state index contributed by atoms with van der Waals surface area (Å²) in [5.41, 5.74) is 2.52. The van der Waals surface area contributed by atoms with Crippen molar-refractivity contribution in [3.05, 3.63) is 11.6 Å². The van der Waals surface area contributed by atoms with Gasteiger partial charge in [-0.2, -0.15) is 0 Å². The van der Waals surface area contributed by atoms with Crippen LogP contribution >= 0.6 is 0 Å². The molecule has 2 unspecified atom stereocenters. The fourth-order valence-electron chi connectivity index (χ4n) is 7.46. The Balaban J connectivity index is 1.65. The highest BCUT2D eigenvalue weighted by molar-refractivity contribution is 5.25. The minimum atomic E-state index is -0.0793. The molecule has 0 heterocycles. The summed E-state index contributed by atoms with van der Waals surface area (Å²) in [5, 5.41) is 10.1. The smallest absolute Gasteiger partial charge is 0.0577 e. The zero-order valence-corrected chi connectivity index (χ0v) is 15.5. The van der Waals surface area contributed by atoms with Crippen LogP contribution in [-0.4, -0.2) is 36.2 Å². The van der Waals surface area contributed by atoms with Gasteiger partial charge in [0.25, 0.3) is 0 Å². The van der Waals surface area contributed by atoms with Gasteiger partial charge in [0, 0.05) is 6.04 Å². The van der Waals surface area contributed by atoms with Crippen LogP contribution in [0.3, 0.4) is 0 Å². The summed E-state index contributed by atoms with van der Waals surface area (Å²) in [7, 11) is 4.57. The van der Waals surface area contributed by atoms with Gasteiger partial charge in [0.05, 0.1) is 6.10 Å². The third-order valence-electron chi connectivity index (χ3n) is 8.65. The minimum Gasteiger partial charge on any atom is -0.393 e. The number of hydrogen-bond donors (Lipinski definition) is 1. The monoisotopic (exact) mass is 317 g/mol. The molecule has 0 saturated heterocycles. The first-order valence-corrected chi connectivity index (χ1v) is 9.90. The van der Waals surface area contributed by atoms with Gasteiger partial charge in [-0.05, 0) is 94.0 Å². The zero-order chi connectivity index (χ0) is 16.4. The molecule has 4 aliphatic carbocycles. The Kier molecular flexibility index (Phi) is 3.74. The molecule has 3 fully saturated rings. The highest BCUT2D eigenvalue weighted by Gasteiger charge is 2.58. The van der Waals surface area contributed by atoms with Crippen molar-refractivity contribution in [1.29, 1.82) is 0 Å². The lowest BCUT2D eigenvalue weighted by Gasteiger charge is -2.58. The molecule has 130 valence electrons. The van der Waals surface area contributed by atoms with Crippen LogP contribution in [0.2, 0.25) is 0 Å². The molecule has 4 aliphatic rings. The van der Waals surface area contributed by atoms with E-state index < -0.39 is 0 Å². The average molecular weight is 318 g/mol. The van der Waals surface area contributed by atoms with Gasteiger partial charge in [-0.1, -0.05) is 25.5 Å². The zero-order valence-electron chi connectivity index (χ0n) is 15.5. The maximum absolute atomic E-state index is 10.1. The van der Waals surface area contributed by atoms with E-state index >= 15 is 0 Å². The summed E-state index contributed by atoms with van der Waals surface area (Å²) in [4.78, 5) is 2.50. The predicted molar refractivity (Wildman–Crippen MR) is 95.2 cm³/mol. The van der Waals surface area contributed by atoms with E-state index in [-0.39, 0.29) is 6.10 Å². The van der Waals surface area contributed by atoms with Crippen LogP contribution in [0.15, 0.2) is 11.6 Å². The van der Waals surface area contributed by atoms with E-state index in [0.29, 0.717) is 10.8 Å². The fourth-order valence-corrected chi connectivity index (χ4v) is 7.46. The van der Waals surface area contributed by atoms with Crippen LogP contribution in [0.5, 0.6) is 0 Å². The first kappa shape index (κ1) is 16.1. The third kappa shape index (κ3) is 2.20. The average Bonchev–Trinajstić information content (AvgIpc) is 2.85. The van der Waals surface area contributed by atoms with Gasteiger partial charge in [-0.3, -0.25) is 0 Å². The fraction of sp³-hybridized carbons (Fsp3) is 0.905. The van der Waals surface area contributed by atoms with Gasteiger partial charge in [-0.15, -0.1) is 0 Å². The Bertz CT molecular complexity index is 512. The lowest BCUT2D eigenvalue weighted by molar-refractivity contribution is -0.0537. The van der Waals surface area contributed by atoms with E-state index in [2.05, 4.69) is 38.9 Å². The summed E-state index contributed by atoms with van der Waals surface area (Å²) in [6.45, 7) is 5.13. The molecule has 7 atom stereocenters. The van der Waals surface area contributed by atoms with Crippen molar-refractivity contribution < 1.29 is 5.11 Å². The molecule has 0 bridgehead atoms. The van der Waals surface area contributed by atoms with E-state index in [0.717, 1.165) is 36.6 Å². The van der Waals surface area contributed by atoms with E-state index in [1.807, 2.05) is 0 Å². The van der Waals surface area contributed by atoms with E-state index in [9.17, 15) is 5.11 Å². The number of nitrogens with zero attached hydrogens (tertiary/aromatic N) is 1. The van der Waals surface area contributed by atoms with E-state index in [1.165, 1.54) is 38.5 Å². The van der Waals surface area contributed by atoms with Gasteiger partial charge >= 0.3 is 0 Å². The van der Waals surface area contributed by atoms with Gasteiger partial charge in [0.15, 0.2) is 0 Å². The molecular weight excluding hydrogens is 282 g/mol. The first-order valence-electron chi connectivity index (χ1n) is 9.90. The number of aliphatic hydroxyl groups is 1. The topological polar surface area (TPSA) is 23.5 Å². The quantitative estimate of drug-likeness (QED) is 0.731. The SMILES string of the molecule is CN(C)C1CC[C@H]2[C@@H]3CC=C4CC(O)CC[C@]4(C)[C@@H]3CC[C@]12C. The van der Waals surface area contributed by atoms with Crippen LogP contribution in [-0.2, 0) is 0 Å². The molecule has 0 aromatic rings. The molecule has 2 heteroatoms. The maximum atomic E-state index is 10.1. The van der Waals surface area contributed by atoms with Crippen molar-refractivity contribution in [3.63, 3.8) is 0 Å². The third-order valence-corrected chi connectivity index (χ3v) is 8.65. The van der Waals surface area contributed by atoms with Crippen LogP contribution in [0.1, 0.15) is 65.2 Å².